The van der Waals surface area contributed by atoms with Crippen LogP contribution < -0.4 is 5.32 Å². The summed E-state index contributed by atoms with van der Waals surface area (Å²) in [6.07, 6.45) is 3.60. The molecule has 0 bridgehead atoms. The molecule has 2 aliphatic heterocycles. The summed E-state index contributed by atoms with van der Waals surface area (Å²) in [4.78, 5) is 14.1. The van der Waals surface area contributed by atoms with Gasteiger partial charge in [-0.15, -0.1) is 12.4 Å². The molecule has 0 aromatic carbocycles. The number of carbonyl (C=O) groups is 1. The molecule has 2 fully saturated rings. The zero-order valence-corrected chi connectivity index (χ0v) is 12.2. The minimum Gasteiger partial charge on any atom is -0.384 e. The van der Waals surface area contributed by atoms with Crippen molar-refractivity contribution in [3.63, 3.8) is 0 Å². The van der Waals surface area contributed by atoms with Gasteiger partial charge in [0, 0.05) is 26.7 Å². The first-order valence-electron chi connectivity index (χ1n) is 6.65. The van der Waals surface area contributed by atoms with Crippen LogP contribution in [0.5, 0.6) is 0 Å². The molecule has 1 atom stereocenters. The van der Waals surface area contributed by atoms with E-state index in [0.717, 1.165) is 39.0 Å². The molecule has 0 aromatic rings. The molecule has 0 saturated carbocycles. The number of nitrogens with one attached hydrogen (secondary N) is 1. The molecule has 0 aromatic heterocycles. The number of piperidine rings is 1. The molecule has 1 spiro atoms. The first-order chi connectivity index (χ1) is 8.17. The van der Waals surface area contributed by atoms with E-state index in [0.29, 0.717) is 12.0 Å². The van der Waals surface area contributed by atoms with Crippen LogP contribution in [0.25, 0.3) is 0 Å². The highest BCUT2D eigenvalue weighted by molar-refractivity contribution is 5.85. The van der Waals surface area contributed by atoms with Crippen LogP contribution in [0.1, 0.15) is 26.2 Å². The zero-order valence-electron chi connectivity index (χ0n) is 11.4. The van der Waals surface area contributed by atoms with Gasteiger partial charge in [0.25, 0.3) is 0 Å². The Kier molecular flexibility index (Phi) is 5.89. The van der Waals surface area contributed by atoms with Gasteiger partial charge in [-0.1, -0.05) is 6.92 Å². The van der Waals surface area contributed by atoms with Crippen molar-refractivity contribution in [1.82, 2.24) is 10.2 Å². The summed E-state index contributed by atoms with van der Waals surface area (Å²) < 4.78 is 5.05. The quantitative estimate of drug-likeness (QED) is 0.845. The second-order valence-corrected chi connectivity index (χ2v) is 5.61. The molecule has 0 aliphatic carbocycles. The van der Waals surface area contributed by atoms with Gasteiger partial charge in [-0.3, -0.25) is 4.79 Å². The van der Waals surface area contributed by atoms with E-state index in [1.165, 1.54) is 6.42 Å². The third kappa shape index (κ3) is 3.37. The zero-order chi connectivity index (χ0) is 12.3. The predicted octanol–water partition coefficient (Wildman–Crippen LogP) is 1.29. The summed E-state index contributed by atoms with van der Waals surface area (Å²) >= 11 is 0. The molecule has 2 saturated heterocycles. The third-order valence-electron chi connectivity index (χ3n) is 4.31. The normalized spacial score (nSPS) is 23.8. The van der Waals surface area contributed by atoms with Gasteiger partial charge < -0.3 is 15.0 Å². The molecular weight excluding hydrogens is 252 g/mol. The fourth-order valence-corrected chi connectivity index (χ4v) is 3.06. The van der Waals surface area contributed by atoms with Gasteiger partial charge in [-0.25, -0.2) is 0 Å². The Morgan fingerprint density at radius 3 is 2.56 bits per heavy atom. The molecule has 1 unspecified atom stereocenters. The van der Waals surface area contributed by atoms with Crippen LogP contribution in [0.3, 0.4) is 0 Å². The molecule has 0 radical (unpaired) electrons. The lowest BCUT2D eigenvalue weighted by Gasteiger charge is -2.39. The average molecular weight is 277 g/mol. The third-order valence-corrected chi connectivity index (χ3v) is 4.31. The molecular formula is C13H25ClN2O2. The minimum absolute atomic E-state index is 0. The molecule has 1 N–H and O–H groups in total. The molecule has 18 heavy (non-hydrogen) atoms. The molecule has 1 amide bonds. The topological polar surface area (TPSA) is 41.6 Å². The van der Waals surface area contributed by atoms with Crippen molar-refractivity contribution in [3.05, 3.63) is 0 Å². The van der Waals surface area contributed by atoms with Crippen LogP contribution >= 0.6 is 12.4 Å². The standard InChI is InChI=1S/C13H24N2O2.ClH/c1-11(9-17-2)12(16)15-7-4-13(5-8-15)3-6-14-10-13;/h11,14H,3-10H2,1-2H3;1H. The maximum atomic E-state index is 12.1. The highest BCUT2D eigenvalue weighted by atomic mass is 35.5. The van der Waals surface area contributed by atoms with E-state index in [2.05, 4.69) is 5.32 Å². The largest absolute Gasteiger partial charge is 0.384 e. The van der Waals surface area contributed by atoms with Crippen molar-refractivity contribution in [2.75, 3.05) is 39.9 Å². The van der Waals surface area contributed by atoms with Crippen LogP contribution in [-0.2, 0) is 9.53 Å². The van der Waals surface area contributed by atoms with Crippen LogP contribution in [0, 0.1) is 11.3 Å². The monoisotopic (exact) mass is 276 g/mol. The highest BCUT2D eigenvalue weighted by Gasteiger charge is 2.38. The van der Waals surface area contributed by atoms with E-state index in [4.69, 9.17) is 4.74 Å². The van der Waals surface area contributed by atoms with Crippen molar-refractivity contribution < 1.29 is 9.53 Å². The van der Waals surface area contributed by atoms with E-state index < -0.39 is 0 Å². The number of nitrogens with zero attached hydrogens (tertiary/aromatic N) is 1. The predicted molar refractivity (Wildman–Crippen MR) is 74.0 cm³/mol. The van der Waals surface area contributed by atoms with Crippen LogP contribution in [0.15, 0.2) is 0 Å². The SMILES string of the molecule is COCC(C)C(=O)N1CCC2(CCNC2)CC1.Cl. The summed E-state index contributed by atoms with van der Waals surface area (Å²) in [5, 5.41) is 3.45. The van der Waals surface area contributed by atoms with Crippen molar-refractivity contribution in [1.29, 1.82) is 0 Å². The molecule has 2 aliphatic rings. The second-order valence-electron chi connectivity index (χ2n) is 5.61. The van der Waals surface area contributed by atoms with Gasteiger partial charge in [-0.2, -0.15) is 0 Å². The van der Waals surface area contributed by atoms with E-state index in [1.54, 1.807) is 7.11 Å². The Labute approximate surface area is 116 Å². The van der Waals surface area contributed by atoms with Crippen LogP contribution in [0.2, 0.25) is 0 Å². The summed E-state index contributed by atoms with van der Waals surface area (Å²) in [5.74, 6) is 0.253. The fraction of sp³-hybridized carbons (Fsp3) is 0.923. The van der Waals surface area contributed by atoms with Gasteiger partial charge in [0.15, 0.2) is 0 Å². The highest BCUT2D eigenvalue weighted by Crippen LogP contribution is 2.37. The number of likely N-dealkylation sites (tertiary alicyclic amines) is 1. The molecule has 2 rings (SSSR count). The second kappa shape index (κ2) is 6.73. The van der Waals surface area contributed by atoms with Crippen molar-refractivity contribution in [3.8, 4) is 0 Å². The summed E-state index contributed by atoms with van der Waals surface area (Å²) in [7, 11) is 1.65. The Bertz CT molecular complexity index is 270. The van der Waals surface area contributed by atoms with Crippen molar-refractivity contribution in [2.24, 2.45) is 11.3 Å². The number of hydrogen-bond donors (Lipinski definition) is 1. The Morgan fingerprint density at radius 1 is 1.39 bits per heavy atom. The fourth-order valence-electron chi connectivity index (χ4n) is 3.06. The van der Waals surface area contributed by atoms with Gasteiger partial charge in [0.1, 0.15) is 0 Å². The van der Waals surface area contributed by atoms with Gasteiger partial charge >= 0.3 is 0 Å². The van der Waals surface area contributed by atoms with Gasteiger partial charge in [-0.05, 0) is 31.2 Å². The number of amides is 1. The van der Waals surface area contributed by atoms with Gasteiger partial charge in [0.2, 0.25) is 5.91 Å². The van der Waals surface area contributed by atoms with E-state index in [9.17, 15) is 4.79 Å². The molecule has 4 nitrogen and oxygen atoms in total. The average Bonchev–Trinajstić information content (AvgIpc) is 2.78. The molecule has 106 valence electrons. The Morgan fingerprint density at radius 2 is 2.06 bits per heavy atom. The van der Waals surface area contributed by atoms with Gasteiger partial charge in [0.05, 0.1) is 12.5 Å². The summed E-state index contributed by atoms with van der Waals surface area (Å²) in [6, 6.07) is 0. The minimum atomic E-state index is -0.00393. The lowest BCUT2D eigenvalue weighted by atomic mass is 9.77. The molecule has 5 heteroatoms. The molecule has 2 heterocycles. The number of carbonyl (C=O) groups excluding carboxylic acids is 1. The number of methoxy groups -OCH3 is 1. The number of ether oxygens (including phenoxy) is 1. The summed E-state index contributed by atoms with van der Waals surface area (Å²) in [5.41, 5.74) is 0.487. The Hall–Kier alpha value is -0.320. The smallest absolute Gasteiger partial charge is 0.227 e. The maximum absolute atomic E-state index is 12.1. The summed E-state index contributed by atoms with van der Waals surface area (Å²) in [6.45, 7) is 6.62. The first kappa shape index (κ1) is 15.7. The lowest BCUT2D eigenvalue weighted by molar-refractivity contribution is -0.138. The Balaban J connectivity index is 0.00000162. The maximum Gasteiger partial charge on any atom is 0.227 e. The number of hydrogen-bond acceptors (Lipinski definition) is 3. The lowest BCUT2D eigenvalue weighted by Crippen LogP contribution is -2.46. The van der Waals surface area contributed by atoms with E-state index in [-0.39, 0.29) is 24.2 Å². The van der Waals surface area contributed by atoms with E-state index >= 15 is 0 Å². The number of rotatable bonds is 3. The van der Waals surface area contributed by atoms with Crippen molar-refractivity contribution in [2.45, 2.75) is 26.2 Å². The van der Waals surface area contributed by atoms with Crippen molar-refractivity contribution >= 4 is 18.3 Å². The first-order valence-corrected chi connectivity index (χ1v) is 6.65. The van der Waals surface area contributed by atoms with Crippen LogP contribution in [0.4, 0.5) is 0 Å². The van der Waals surface area contributed by atoms with Crippen LogP contribution in [-0.4, -0.2) is 50.7 Å². The van der Waals surface area contributed by atoms with E-state index in [1.807, 2.05) is 11.8 Å². The number of halogens is 1.